The first-order valence-corrected chi connectivity index (χ1v) is 8.44. The zero-order valence-electron chi connectivity index (χ0n) is 14.2. The number of hydrogen-bond donors (Lipinski definition) is 1. The Labute approximate surface area is 137 Å². The van der Waals surface area contributed by atoms with Gasteiger partial charge in [-0.25, -0.2) is 14.8 Å². The number of nitrogens with one attached hydrogen (secondary N) is 1. The lowest BCUT2D eigenvalue weighted by molar-refractivity contribution is 0.0498. The summed E-state index contributed by atoms with van der Waals surface area (Å²) < 4.78 is 5.40. The van der Waals surface area contributed by atoms with Crippen LogP contribution < -0.4 is 10.2 Å². The minimum Gasteiger partial charge on any atom is -0.444 e. The number of carbonyl (C=O) groups excluding carboxylic acids is 1. The van der Waals surface area contributed by atoms with Crippen molar-refractivity contribution in [1.82, 2.24) is 15.3 Å². The quantitative estimate of drug-likeness (QED) is 0.908. The van der Waals surface area contributed by atoms with E-state index in [1.54, 1.807) is 12.4 Å². The molecule has 1 N–H and O–H groups in total. The normalized spacial score (nSPS) is 27.4. The van der Waals surface area contributed by atoms with Crippen molar-refractivity contribution in [2.45, 2.75) is 64.1 Å². The highest BCUT2D eigenvalue weighted by atomic mass is 16.6. The van der Waals surface area contributed by atoms with Crippen LogP contribution in [0, 0.1) is 5.92 Å². The number of piperidine rings is 1. The van der Waals surface area contributed by atoms with Crippen molar-refractivity contribution in [3.05, 3.63) is 18.5 Å². The van der Waals surface area contributed by atoms with Crippen molar-refractivity contribution < 1.29 is 9.53 Å². The van der Waals surface area contributed by atoms with E-state index in [9.17, 15) is 4.79 Å². The summed E-state index contributed by atoms with van der Waals surface area (Å²) in [7, 11) is 0. The lowest BCUT2D eigenvalue weighted by atomic mass is 9.95. The van der Waals surface area contributed by atoms with Crippen molar-refractivity contribution in [2.24, 2.45) is 5.92 Å². The Balaban J connectivity index is 1.66. The first-order valence-electron chi connectivity index (χ1n) is 8.44. The van der Waals surface area contributed by atoms with Gasteiger partial charge in [0.2, 0.25) is 5.95 Å². The second-order valence-electron chi connectivity index (χ2n) is 7.61. The number of alkyl carbamates (subject to hydrolysis) is 1. The third-order valence-corrected chi connectivity index (χ3v) is 4.51. The van der Waals surface area contributed by atoms with Crippen molar-refractivity contribution in [1.29, 1.82) is 0 Å². The van der Waals surface area contributed by atoms with Gasteiger partial charge < -0.3 is 15.0 Å². The third kappa shape index (κ3) is 4.12. The number of carbonyl (C=O) groups is 1. The molecule has 0 aromatic carbocycles. The zero-order valence-corrected chi connectivity index (χ0v) is 14.2. The molecular formula is C17H26N4O2. The number of anilines is 1. The molecule has 2 bridgehead atoms. The van der Waals surface area contributed by atoms with E-state index in [2.05, 4.69) is 20.2 Å². The first kappa shape index (κ1) is 16.0. The van der Waals surface area contributed by atoms with Gasteiger partial charge in [0.1, 0.15) is 5.60 Å². The molecule has 6 heteroatoms. The van der Waals surface area contributed by atoms with E-state index in [0.29, 0.717) is 12.0 Å². The number of nitrogens with zero attached hydrogens (tertiary/aromatic N) is 3. The lowest BCUT2D eigenvalue weighted by Gasteiger charge is -2.36. The van der Waals surface area contributed by atoms with E-state index in [4.69, 9.17) is 4.74 Å². The highest BCUT2D eigenvalue weighted by molar-refractivity contribution is 5.68. The van der Waals surface area contributed by atoms with Crippen LogP contribution in [-0.2, 0) is 4.74 Å². The largest absolute Gasteiger partial charge is 0.444 e. The average Bonchev–Trinajstić information content (AvgIpc) is 2.76. The van der Waals surface area contributed by atoms with Crippen LogP contribution >= 0.6 is 0 Å². The van der Waals surface area contributed by atoms with Gasteiger partial charge in [0.15, 0.2) is 0 Å². The molecule has 3 atom stereocenters. The maximum absolute atomic E-state index is 12.1. The first-order chi connectivity index (χ1) is 10.9. The van der Waals surface area contributed by atoms with Crippen molar-refractivity contribution in [3.63, 3.8) is 0 Å². The Bertz CT molecular complexity index is 543. The molecule has 2 saturated heterocycles. The molecule has 1 aliphatic carbocycles. The molecule has 3 fully saturated rings. The Morgan fingerprint density at radius 2 is 2.00 bits per heavy atom. The van der Waals surface area contributed by atoms with E-state index in [1.807, 2.05) is 26.8 Å². The minimum atomic E-state index is -0.461. The molecule has 4 rings (SSSR count). The predicted octanol–water partition coefficient (Wildman–Crippen LogP) is 2.75. The number of fused-ring (bicyclic) bond motifs is 4. The van der Waals surface area contributed by atoms with Crippen LogP contribution in [-0.4, -0.2) is 40.3 Å². The highest BCUT2D eigenvalue weighted by Gasteiger charge is 2.37. The minimum absolute atomic E-state index is 0.163. The standard InChI is InChI=1S/C17H26N4O2/c1-17(2,3)23-16(22)20-13-9-12-5-6-14(10-13)21(11-12)15-18-7-4-8-19-15/h4,7-8,12-14H,5-6,9-11H2,1-3H3,(H,20,22)/t12-,13-,14+/m0/s1. The number of ether oxygens (including phenoxy) is 1. The predicted molar refractivity (Wildman–Crippen MR) is 88.3 cm³/mol. The smallest absolute Gasteiger partial charge is 0.407 e. The Hall–Kier alpha value is -1.85. The molecular weight excluding hydrogens is 292 g/mol. The zero-order chi connectivity index (χ0) is 16.4. The Morgan fingerprint density at radius 3 is 2.70 bits per heavy atom. The molecule has 23 heavy (non-hydrogen) atoms. The van der Waals surface area contributed by atoms with Gasteiger partial charge in [-0.15, -0.1) is 0 Å². The van der Waals surface area contributed by atoms with E-state index >= 15 is 0 Å². The Kier molecular flexibility index (Phi) is 4.41. The van der Waals surface area contributed by atoms with E-state index in [0.717, 1.165) is 31.8 Å². The summed E-state index contributed by atoms with van der Waals surface area (Å²) in [5.41, 5.74) is -0.461. The molecule has 126 valence electrons. The number of amides is 1. The van der Waals surface area contributed by atoms with Gasteiger partial charge in [-0.3, -0.25) is 0 Å². The van der Waals surface area contributed by atoms with E-state index in [1.165, 1.54) is 6.42 Å². The molecule has 6 nitrogen and oxygen atoms in total. The van der Waals surface area contributed by atoms with Crippen LogP contribution in [0.25, 0.3) is 0 Å². The highest BCUT2D eigenvalue weighted by Crippen LogP contribution is 2.35. The van der Waals surface area contributed by atoms with Gasteiger partial charge in [0.25, 0.3) is 0 Å². The molecule has 1 amide bonds. The molecule has 0 unspecified atom stereocenters. The van der Waals surface area contributed by atoms with Crippen LogP contribution in [0.1, 0.15) is 46.5 Å². The SMILES string of the molecule is CC(C)(C)OC(=O)N[C@H]1C[C@@H]2CC[C@H](C1)N(c1ncccn1)C2. The van der Waals surface area contributed by atoms with Crippen molar-refractivity contribution >= 4 is 12.0 Å². The van der Waals surface area contributed by atoms with Gasteiger partial charge in [-0.1, -0.05) is 0 Å². The maximum Gasteiger partial charge on any atom is 0.407 e. The fraction of sp³-hybridized carbons (Fsp3) is 0.706. The average molecular weight is 318 g/mol. The van der Waals surface area contributed by atoms with Crippen molar-refractivity contribution in [2.75, 3.05) is 11.4 Å². The van der Waals surface area contributed by atoms with Crippen LogP contribution in [0.2, 0.25) is 0 Å². The van der Waals surface area contributed by atoms with Gasteiger partial charge in [-0.05, 0) is 58.4 Å². The maximum atomic E-state index is 12.1. The fourth-order valence-electron chi connectivity index (χ4n) is 3.64. The summed E-state index contributed by atoms with van der Waals surface area (Å²) in [5.74, 6) is 1.37. The van der Waals surface area contributed by atoms with Crippen LogP contribution in [0.15, 0.2) is 18.5 Å². The van der Waals surface area contributed by atoms with Crippen LogP contribution in [0.3, 0.4) is 0 Å². The van der Waals surface area contributed by atoms with E-state index < -0.39 is 5.60 Å². The molecule has 1 saturated carbocycles. The molecule has 3 heterocycles. The second-order valence-corrected chi connectivity index (χ2v) is 7.61. The van der Waals surface area contributed by atoms with E-state index in [-0.39, 0.29) is 12.1 Å². The van der Waals surface area contributed by atoms with Crippen LogP contribution in [0.5, 0.6) is 0 Å². The molecule has 1 aromatic rings. The number of aromatic nitrogens is 2. The molecule has 0 radical (unpaired) electrons. The summed E-state index contributed by atoms with van der Waals surface area (Å²) in [5, 5.41) is 3.06. The van der Waals surface area contributed by atoms with Crippen molar-refractivity contribution in [3.8, 4) is 0 Å². The van der Waals surface area contributed by atoms with Gasteiger partial charge >= 0.3 is 6.09 Å². The Morgan fingerprint density at radius 1 is 1.26 bits per heavy atom. The van der Waals surface area contributed by atoms with Gasteiger partial charge in [-0.2, -0.15) is 0 Å². The monoisotopic (exact) mass is 318 g/mol. The summed E-state index contributed by atoms with van der Waals surface area (Å²) in [6, 6.07) is 2.39. The fourth-order valence-corrected chi connectivity index (χ4v) is 3.64. The lowest BCUT2D eigenvalue weighted by Crippen LogP contribution is -2.43. The topological polar surface area (TPSA) is 67.3 Å². The van der Waals surface area contributed by atoms with Crippen LogP contribution in [0.4, 0.5) is 10.7 Å². The molecule has 0 spiro atoms. The molecule has 2 aliphatic heterocycles. The molecule has 1 aromatic heterocycles. The van der Waals surface area contributed by atoms with Gasteiger partial charge in [0.05, 0.1) is 0 Å². The molecule has 3 aliphatic rings. The summed E-state index contributed by atoms with van der Waals surface area (Å²) in [6.45, 7) is 6.63. The summed E-state index contributed by atoms with van der Waals surface area (Å²) >= 11 is 0. The van der Waals surface area contributed by atoms with Gasteiger partial charge in [0, 0.05) is 31.0 Å². The summed E-state index contributed by atoms with van der Waals surface area (Å²) in [4.78, 5) is 23.2. The summed E-state index contributed by atoms with van der Waals surface area (Å²) in [6.07, 6.45) is 7.53. The third-order valence-electron chi connectivity index (χ3n) is 4.51. The second kappa shape index (κ2) is 6.34. The number of rotatable bonds is 2. The number of hydrogen-bond acceptors (Lipinski definition) is 5.